The van der Waals surface area contributed by atoms with E-state index in [-0.39, 0.29) is 0 Å². The first-order chi connectivity index (χ1) is 6.26. The summed E-state index contributed by atoms with van der Waals surface area (Å²) in [5, 5.41) is 3.52. The summed E-state index contributed by atoms with van der Waals surface area (Å²) in [5.74, 6) is 0.881. The predicted octanol–water partition coefficient (Wildman–Crippen LogP) is 3.59. The lowest BCUT2D eigenvalue weighted by molar-refractivity contribution is 0.338. The van der Waals surface area contributed by atoms with Crippen molar-refractivity contribution in [2.45, 2.75) is 65.8 Å². The van der Waals surface area contributed by atoms with Crippen LogP contribution in [0.4, 0.5) is 0 Å². The van der Waals surface area contributed by atoms with Crippen molar-refractivity contribution >= 4 is 0 Å². The second-order valence-corrected chi connectivity index (χ2v) is 4.01. The summed E-state index contributed by atoms with van der Waals surface area (Å²) in [7, 11) is 0. The Morgan fingerprint density at radius 2 is 1.77 bits per heavy atom. The van der Waals surface area contributed by atoms with Crippen LogP contribution in [-0.2, 0) is 0 Å². The normalized spacial score (nSPS) is 15.7. The van der Waals surface area contributed by atoms with Crippen molar-refractivity contribution in [2.24, 2.45) is 5.92 Å². The molecule has 0 aliphatic carbocycles. The summed E-state index contributed by atoms with van der Waals surface area (Å²) in [6.45, 7) is 10.2. The van der Waals surface area contributed by atoms with Gasteiger partial charge in [-0.05, 0) is 25.8 Å². The van der Waals surface area contributed by atoms with Gasteiger partial charge in [0.15, 0.2) is 0 Å². The van der Waals surface area contributed by atoms with Crippen molar-refractivity contribution in [1.82, 2.24) is 5.32 Å². The van der Waals surface area contributed by atoms with Crippen LogP contribution < -0.4 is 5.32 Å². The van der Waals surface area contributed by atoms with Gasteiger partial charge in [0.05, 0.1) is 0 Å². The van der Waals surface area contributed by atoms with Crippen LogP contribution >= 0.6 is 0 Å². The molecule has 0 aliphatic rings. The van der Waals surface area contributed by atoms with Crippen LogP contribution in [0.25, 0.3) is 0 Å². The Hall–Kier alpha value is -0.0400. The smallest absolute Gasteiger partial charge is 0.00667 e. The zero-order chi connectivity index (χ0) is 10.1. The first kappa shape index (κ1) is 13.0. The highest BCUT2D eigenvalue weighted by atomic mass is 14.9. The standard InChI is InChI=1S/C12H27N/c1-5-8-9-10-12(6-2)11(4)13-7-3/h11-13H,5-10H2,1-4H3. The third kappa shape index (κ3) is 6.09. The van der Waals surface area contributed by atoms with Gasteiger partial charge in [0.2, 0.25) is 0 Å². The van der Waals surface area contributed by atoms with Crippen molar-refractivity contribution in [3.05, 3.63) is 0 Å². The van der Waals surface area contributed by atoms with E-state index in [2.05, 4.69) is 33.0 Å². The lowest BCUT2D eigenvalue weighted by Gasteiger charge is -2.23. The molecular weight excluding hydrogens is 158 g/mol. The highest BCUT2D eigenvalue weighted by molar-refractivity contribution is 4.70. The third-order valence-electron chi connectivity index (χ3n) is 2.94. The van der Waals surface area contributed by atoms with Crippen LogP contribution in [0.5, 0.6) is 0 Å². The van der Waals surface area contributed by atoms with Crippen LogP contribution in [0.3, 0.4) is 0 Å². The van der Waals surface area contributed by atoms with Gasteiger partial charge in [-0.15, -0.1) is 0 Å². The Morgan fingerprint density at radius 1 is 1.08 bits per heavy atom. The van der Waals surface area contributed by atoms with Gasteiger partial charge in [-0.1, -0.05) is 46.5 Å². The number of nitrogens with one attached hydrogen (secondary N) is 1. The molecule has 0 saturated carbocycles. The predicted molar refractivity (Wildman–Crippen MR) is 61.1 cm³/mol. The Morgan fingerprint density at radius 3 is 2.23 bits per heavy atom. The molecule has 1 N–H and O–H groups in total. The second-order valence-electron chi connectivity index (χ2n) is 4.01. The lowest BCUT2D eigenvalue weighted by atomic mass is 9.92. The number of unbranched alkanes of at least 4 members (excludes halogenated alkanes) is 2. The Balaban J connectivity index is 3.60. The molecule has 2 unspecified atom stereocenters. The maximum Gasteiger partial charge on any atom is 0.00667 e. The minimum absolute atomic E-state index is 0.701. The van der Waals surface area contributed by atoms with Gasteiger partial charge in [0, 0.05) is 6.04 Å². The maximum atomic E-state index is 3.52. The summed E-state index contributed by atoms with van der Waals surface area (Å²) in [4.78, 5) is 0. The van der Waals surface area contributed by atoms with Gasteiger partial charge >= 0.3 is 0 Å². The minimum atomic E-state index is 0.701. The van der Waals surface area contributed by atoms with Crippen LogP contribution in [0.2, 0.25) is 0 Å². The fourth-order valence-electron chi connectivity index (χ4n) is 1.95. The van der Waals surface area contributed by atoms with E-state index < -0.39 is 0 Å². The zero-order valence-corrected chi connectivity index (χ0v) is 9.90. The molecular formula is C12H27N. The quantitative estimate of drug-likeness (QED) is 0.570. The largest absolute Gasteiger partial charge is 0.314 e. The summed E-state index contributed by atoms with van der Waals surface area (Å²) in [6, 6.07) is 0.701. The average Bonchev–Trinajstić information content (AvgIpc) is 2.13. The molecule has 13 heavy (non-hydrogen) atoms. The highest BCUT2D eigenvalue weighted by Gasteiger charge is 2.13. The first-order valence-corrected chi connectivity index (χ1v) is 5.99. The SMILES string of the molecule is CCCCCC(CC)C(C)NCC. The Bertz CT molecular complexity index is 101. The fraction of sp³-hybridized carbons (Fsp3) is 1.00. The molecule has 0 amide bonds. The van der Waals surface area contributed by atoms with E-state index in [1.807, 2.05) is 0 Å². The van der Waals surface area contributed by atoms with Gasteiger partial charge in [0.25, 0.3) is 0 Å². The maximum absolute atomic E-state index is 3.52. The molecule has 0 aliphatic heterocycles. The number of hydrogen-bond acceptors (Lipinski definition) is 1. The molecule has 2 atom stereocenters. The Kier molecular flexibility index (Phi) is 8.53. The second kappa shape index (κ2) is 8.55. The van der Waals surface area contributed by atoms with Gasteiger partial charge in [0.1, 0.15) is 0 Å². The molecule has 1 heteroatoms. The van der Waals surface area contributed by atoms with Crippen LogP contribution in [-0.4, -0.2) is 12.6 Å². The molecule has 0 aromatic rings. The van der Waals surface area contributed by atoms with E-state index in [4.69, 9.17) is 0 Å². The molecule has 0 aromatic heterocycles. The van der Waals surface area contributed by atoms with Crippen LogP contribution in [0.1, 0.15) is 59.8 Å². The van der Waals surface area contributed by atoms with Crippen LogP contribution in [0, 0.1) is 5.92 Å². The molecule has 0 saturated heterocycles. The monoisotopic (exact) mass is 185 g/mol. The molecule has 0 rings (SSSR count). The third-order valence-corrected chi connectivity index (χ3v) is 2.94. The average molecular weight is 185 g/mol. The summed E-state index contributed by atoms with van der Waals surface area (Å²) in [5.41, 5.74) is 0. The van der Waals surface area contributed by atoms with Crippen LogP contribution in [0.15, 0.2) is 0 Å². The van der Waals surface area contributed by atoms with Crippen molar-refractivity contribution in [3.63, 3.8) is 0 Å². The molecule has 0 heterocycles. The molecule has 0 radical (unpaired) electrons. The summed E-state index contributed by atoms with van der Waals surface area (Å²) < 4.78 is 0. The van der Waals surface area contributed by atoms with E-state index in [1.54, 1.807) is 0 Å². The topological polar surface area (TPSA) is 12.0 Å². The number of hydrogen-bond donors (Lipinski definition) is 1. The lowest BCUT2D eigenvalue weighted by Crippen LogP contribution is -2.33. The van der Waals surface area contributed by atoms with E-state index in [9.17, 15) is 0 Å². The number of rotatable bonds is 8. The molecule has 0 aromatic carbocycles. The molecule has 0 spiro atoms. The highest BCUT2D eigenvalue weighted by Crippen LogP contribution is 2.17. The zero-order valence-electron chi connectivity index (χ0n) is 9.90. The van der Waals surface area contributed by atoms with Gasteiger partial charge in [-0.25, -0.2) is 0 Å². The summed E-state index contributed by atoms with van der Waals surface area (Å²) in [6.07, 6.45) is 6.86. The van der Waals surface area contributed by atoms with E-state index in [1.165, 1.54) is 32.1 Å². The van der Waals surface area contributed by atoms with Crippen molar-refractivity contribution in [3.8, 4) is 0 Å². The molecule has 1 nitrogen and oxygen atoms in total. The molecule has 0 fully saturated rings. The first-order valence-electron chi connectivity index (χ1n) is 5.99. The van der Waals surface area contributed by atoms with Gasteiger partial charge in [-0.2, -0.15) is 0 Å². The molecule has 0 bridgehead atoms. The fourth-order valence-corrected chi connectivity index (χ4v) is 1.95. The minimum Gasteiger partial charge on any atom is -0.314 e. The van der Waals surface area contributed by atoms with Crippen molar-refractivity contribution < 1.29 is 0 Å². The summed E-state index contributed by atoms with van der Waals surface area (Å²) >= 11 is 0. The molecule has 80 valence electrons. The van der Waals surface area contributed by atoms with Crippen molar-refractivity contribution in [1.29, 1.82) is 0 Å². The van der Waals surface area contributed by atoms with Gasteiger partial charge < -0.3 is 5.32 Å². The Labute approximate surface area is 84.3 Å². The van der Waals surface area contributed by atoms with E-state index in [0.717, 1.165) is 12.5 Å². The van der Waals surface area contributed by atoms with Crippen molar-refractivity contribution in [2.75, 3.05) is 6.54 Å². The van der Waals surface area contributed by atoms with E-state index >= 15 is 0 Å². The van der Waals surface area contributed by atoms with E-state index in [0.29, 0.717) is 6.04 Å². The van der Waals surface area contributed by atoms with Gasteiger partial charge in [-0.3, -0.25) is 0 Å².